The molecule has 2 unspecified atom stereocenters. The molecular weight excluding hydrogens is 372 g/mol. The molecule has 162 valence electrons. The van der Waals surface area contributed by atoms with Gasteiger partial charge in [-0.3, -0.25) is 19.2 Å². The zero-order valence-corrected chi connectivity index (χ0v) is 17.6. The Morgan fingerprint density at radius 3 is 1.18 bits per heavy atom. The summed E-state index contributed by atoms with van der Waals surface area (Å²) in [6.45, 7) is 9.34. The molecule has 0 heterocycles. The molecular formula is C18H32N2O8. The van der Waals surface area contributed by atoms with Crippen LogP contribution in [-0.4, -0.2) is 72.4 Å². The fourth-order valence-corrected chi connectivity index (χ4v) is 2.37. The smallest absolute Gasteiger partial charge is 0.322 e. The Morgan fingerprint density at radius 1 is 0.643 bits per heavy atom. The van der Waals surface area contributed by atoms with E-state index < -0.39 is 23.9 Å². The first-order valence-corrected chi connectivity index (χ1v) is 9.27. The van der Waals surface area contributed by atoms with Crippen molar-refractivity contribution in [1.29, 1.82) is 0 Å². The van der Waals surface area contributed by atoms with E-state index in [9.17, 15) is 19.2 Å². The van der Waals surface area contributed by atoms with E-state index in [4.69, 9.17) is 19.1 Å². The van der Waals surface area contributed by atoms with Crippen molar-refractivity contribution in [2.75, 3.05) is 26.3 Å². The Kier molecular flexibility index (Phi) is 12.8. The van der Waals surface area contributed by atoms with E-state index in [0.29, 0.717) is 12.8 Å². The lowest BCUT2D eigenvalue weighted by atomic mass is 10.2. The molecule has 10 nitrogen and oxygen atoms in total. The molecule has 0 aliphatic rings. The average Bonchev–Trinajstić information content (AvgIpc) is 2.58. The number of rotatable bonds is 13. The van der Waals surface area contributed by atoms with Crippen LogP contribution >= 0.6 is 0 Å². The van der Waals surface area contributed by atoms with Crippen LogP contribution in [0.25, 0.3) is 0 Å². The van der Waals surface area contributed by atoms with Crippen LogP contribution in [0.2, 0.25) is 0 Å². The molecule has 0 aliphatic carbocycles. The molecule has 0 saturated heterocycles. The molecule has 0 N–H and O–H groups in total. The second-order valence-corrected chi connectivity index (χ2v) is 6.18. The summed E-state index contributed by atoms with van der Waals surface area (Å²) in [5, 5.41) is 2.81. The molecule has 0 aromatic rings. The molecule has 0 bridgehead atoms. The van der Waals surface area contributed by atoms with Gasteiger partial charge in [0.25, 0.3) is 0 Å². The predicted molar refractivity (Wildman–Crippen MR) is 98.4 cm³/mol. The molecule has 10 heteroatoms. The summed E-state index contributed by atoms with van der Waals surface area (Å²) < 4.78 is 10.1. The van der Waals surface area contributed by atoms with E-state index in [1.165, 1.54) is 37.8 Å². The van der Waals surface area contributed by atoms with E-state index in [-0.39, 0.29) is 38.4 Å². The highest BCUT2D eigenvalue weighted by Crippen LogP contribution is 2.11. The van der Waals surface area contributed by atoms with Gasteiger partial charge in [-0.2, -0.15) is 0 Å². The largest absolute Gasteiger partial charge is 0.464 e. The summed E-state index contributed by atoms with van der Waals surface area (Å²) in [5.74, 6) is -1.91. The number of carbonyl (C=O) groups excluding carboxylic acids is 4. The van der Waals surface area contributed by atoms with Gasteiger partial charge in [-0.15, -0.1) is 10.1 Å². The van der Waals surface area contributed by atoms with Crippen LogP contribution in [0.5, 0.6) is 0 Å². The second kappa shape index (κ2) is 13.9. The molecule has 28 heavy (non-hydrogen) atoms. The van der Waals surface area contributed by atoms with E-state index >= 15 is 0 Å². The number of hydrogen-bond acceptors (Lipinski definition) is 10. The Morgan fingerprint density at radius 2 is 0.964 bits per heavy atom. The van der Waals surface area contributed by atoms with Gasteiger partial charge in [0.1, 0.15) is 13.2 Å². The lowest BCUT2D eigenvalue weighted by Crippen LogP contribution is -2.47. The first kappa shape index (κ1) is 25.8. The zero-order valence-electron chi connectivity index (χ0n) is 17.6. The van der Waals surface area contributed by atoms with Gasteiger partial charge >= 0.3 is 23.9 Å². The minimum Gasteiger partial charge on any atom is -0.464 e. The average molecular weight is 404 g/mol. The Balaban J connectivity index is 5.19. The summed E-state index contributed by atoms with van der Waals surface area (Å²) in [6, 6.07) is -0.721. The van der Waals surface area contributed by atoms with Crippen LogP contribution in [0, 0.1) is 0 Å². The van der Waals surface area contributed by atoms with Crippen LogP contribution in [0.3, 0.4) is 0 Å². The first-order valence-electron chi connectivity index (χ1n) is 9.27. The van der Waals surface area contributed by atoms with Gasteiger partial charge in [0.05, 0.1) is 25.2 Å². The van der Waals surface area contributed by atoms with Crippen LogP contribution in [0.1, 0.15) is 54.4 Å². The van der Waals surface area contributed by atoms with E-state index in [1.807, 2.05) is 13.8 Å². The molecule has 0 aromatic carbocycles. The molecule has 0 aliphatic heterocycles. The number of nitrogens with zero attached hydrogens (tertiary/aromatic N) is 2. The van der Waals surface area contributed by atoms with Crippen molar-refractivity contribution in [2.24, 2.45) is 0 Å². The van der Waals surface area contributed by atoms with Gasteiger partial charge in [0, 0.05) is 27.7 Å². The number of hydrogen-bond donors (Lipinski definition) is 0. The number of esters is 2. The molecule has 0 spiro atoms. The summed E-state index contributed by atoms with van der Waals surface area (Å²) in [4.78, 5) is 55.6. The monoisotopic (exact) mass is 404 g/mol. The second-order valence-electron chi connectivity index (χ2n) is 6.18. The summed E-state index contributed by atoms with van der Waals surface area (Å²) in [7, 11) is 0. The molecule has 2 atom stereocenters. The standard InChI is InChI=1S/C18H32N2O8/c1-7-17(11-25-13(3)21)19(27-15(5)23)9-10-20(28-16(6)24)18(8-2)12-26-14(4)22/h17-18H,7-12H2,1-6H3. The van der Waals surface area contributed by atoms with Gasteiger partial charge in [-0.05, 0) is 12.8 Å². The molecule has 0 amide bonds. The highest BCUT2D eigenvalue weighted by molar-refractivity contribution is 5.66. The van der Waals surface area contributed by atoms with Crippen LogP contribution in [0.4, 0.5) is 0 Å². The molecule has 0 aromatic heterocycles. The highest BCUT2D eigenvalue weighted by atomic mass is 16.7. The van der Waals surface area contributed by atoms with Crippen LogP contribution in [-0.2, 0) is 38.3 Å². The van der Waals surface area contributed by atoms with Gasteiger partial charge in [0.2, 0.25) is 0 Å². The lowest BCUT2D eigenvalue weighted by molar-refractivity contribution is -0.227. The Labute approximate surface area is 165 Å². The van der Waals surface area contributed by atoms with E-state index in [2.05, 4.69) is 0 Å². The van der Waals surface area contributed by atoms with Crippen molar-refractivity contribution in [2.45, 2.75) is 66.5 Å². The SMILES string of the molecule is CCC(COC(C)=O)N(CCN(OC(C)=O)C(CC)COC(C)=O)OC(C)=O. The maximum Gasteiger partial charge on any atom is 0.322 e. The molecule has 0 radical (unpaired) electrons. The highest BCUT2D eigenvalue weighted by Gasteiger charge is 2.26. The Hall–Kier alpha value is -2.20. The first-order chi connectivity index (χ1) is 13.1. The minimum absolute atomic E-state index is 0.0529. The third-order valence-corrected chi connectivity index (χ3v) is 3.75. The summed E-state index contributed by atoms with van der Waals surface area (Å²) >= 11 is 0. The van der Waals surface area contributed by atoms with Gasteiger partial charge in [-0.25, -0.2) is 0 Å². The predicted octanol–water partition coefficient (Wildman–Crippen LogP) is 1.23. The maximum absolute atomic E-state index is 11.5. The van der Waals surface area contributed by atoms with E-state index in [0.717, 1.165) is 0 Å². The minimum atomic E-state index is -0.521. The third-order valence-electron chi connectivity index (χ3n) is 3.75. The van der Waals surface area contributed by atoms with Crippen molar-refractivity contribution >= 4 is 23.9 Å². The zero-order chi connectivity index (χ0) is 21.7. The fourth-order valence-electron chi connectivity index (χ4n) is 2.37. The van der Waals surface area contributed by atoms with Crippen molar-refractivity contribution < 1.29 is 38.3 Å². The van der Waals surface area contributed by atoms with Crippen molar-refractivity contribution in [1.82, 2.24) is 10.1 Å². The van der Waals surface area contributed by atoms with Gasteiger partial charge in [0.15, 0.2) is 0 Å². The maximum atomic E-state index is 11.5. The molecule has 0 rings (SSSR count). The third kappa shape index (κ3) is 11.5. The van der Waals surface area contributed by atoms with Crippen molar-refractivity contribution in [3.63, 3.8) is 0 Å². The fraction of sp³-hybridized carbons (Fsp3) is 0.778. The lowest BCUT2D eigenvalue weighted by Gasteiger charge is -2.33. The summed E-state index contributed by atoms with van der Waals surface area (Å²) in [6.07, 6.45) is 1.11. The quantitative estimate of drug-likeness (QED) is 0.328. The van der Waals surface area contributed by atoms with Crippen molar-refractivity contribution in [3.05, 3.63) is 0 Å². The normalized spacial score (nSPS) is 13.0. The molecule has 0 saturated carbocycles. The number of carbonyl (C=O) groups is 4. The molecule has 0 fully saturated rings. The topological polar surface area (TPSA) is 112 Å². The van der Waals surface area contributed by atoms with E-state index in [1.54, 1.807) is 0 Å². The van der Waals surface area contributed by atoms with Crippen LogP contribution < -0.4 is 0 Å². The Bertz CT molecular complexity index is 480. The van der Waals surface area contributed by atoms with Crippen LogP contribution in [0.15, 0.2) is 0 Å². The van der Waals surface area contributed by atoms with Gasteiger partial charge in [-0.1, -0.05) is 13.8 Å². The number of hydroxylamine groups is 4. The number of ether oxygens (including phenoxy) is 2. The van der Waals surface area contributed by atoms with Crippen molar-refractivity contribution in [3.8, 4) is 0 Å². The summed E-state index contributed by atoms with van der Waals surface area (Å²) in [5.41, 5.74) is 0. The van der Waals surface area contributed by atoms with Gasteiger partial charge < -0.3 is 19.1 Å².